The minimum absolute atomic E-state index is 0. The topological polar surface area (TPSA) is 143 Å². The van der Waals surface area contributed by atoms with E-state index in [-0.39, 0.29) is 208 Å². The van der Waals surface area contributed by atoms with E-state index in [0.29, 0.717) is 0 Å². The first-order valence-corrected chi connectivity index (χ1v) is 5.71. The van der Waals surface area contributed by atoms with Crippen LogP contribution in [0.4, 0.5) is 0 Å². The van der Waals surface area contributed by atoms with Gasteiger partial charge in [-0.1, -0.05) is 0 Å². The molecule has 20 heavy (non-hydrogen) atoms. The Morgan fingerprint density at radius 1 is 0.450 bits per heavy atom. The van der Waals surface area contributed by atoms with Crippen molar-refractivity contribution in [3.8, 4) is 29.8 Å². The number of hydrogen-bond acceptors (Lipinski definition) is 6. The molecule has 0 aromatic carbocycles. The second-order valence-corrected chi connectivity index (χ2v) is 7.42. The maximum atomic E-state index is 8.58. The zero-order valence-corrected chi connectivity index (χ0v) is 12.3. The van der Waals surface area contributed by atoms with Gasteiger partial charge in [0.15, 0.2) is 0 Å². The van der Waals surface area contributed by atoms with Crippen LogP contribution in [0, 0.1) is 61.4 Å². The molecule has 0 bridgehead atoms. The summed E-state index contributed by atoms with van der Waals surface area (Å²) in [5.74, 6) is 0. The Bertz CT molecular complexity index is 414. The van der Waals surface area contributed by atoms with E-state index in [9.17, 15) is 0 Å². The summed E-state index contributed by atoms with van der Waals surface area (Å²) in [4.78, 5) is 6.19. The van der Waals surface area contributed by atoms with Gasteiger partial charge in [-0.15, -0.1) is 37.2 Å². The second kappa shape index (κ2) is 17.6. The molecular weight excluding hydrogens is 491 g/mol. The van der Waals surface area contributed by atoms with Gasteiger partial charge in [-0.3, -0.25) is 0 Å². The van der Waals surface area contributed by atoms with Crippen LogP contribution in [0.15, 0.2) is 0 Å². The molecule has 0 amide bonds. The Labute approximate surface area is 272 Å². The Kier molecular flexibility index (Phi) is 43.5. The van der Waals surface area contributed by atoms with E-state index in [0.717, 1.165) is 29.8 Å². The van der Waals surface area contributed by atoms with E-state index in [1.165, 1.54) is 0 Å². The van der Waals surface area contributed by atoms with Crippen molar-refractivity contribution in [1.29, 1.82) is 31.6 Å². The standard InChI is InChI=1S/6CN.3ClH.2Fe.3K.3H/c6*1-2;;;;;;;;;;;/h;;;;;;3*1H;;;;;;;;. The number of hydrogen-bond donors (Lipinski definition) is 0. The van der Waals surface area contributed by atoms with Crippen LogP contribution in [-0.4, -0.2) is 154 Å². The van der Waals surface area contributed by atoms with Gasteiger partial charge in [0.05, 0.1) is 0 Å². The van der Waals surface area contributed by atoms with E-state index in [2.05, 4.69) is 0 Å². The first-order chi connectivity index (χ1) is 5.97. The molecule has 0 spiro atoms. The van der Waals surface area contributed by atoms with Gasteiger partial charge in [0.1, 0.15) is 0 Å². The van der Waals surface area contributed by atoms with Crippen LogP contribution in [0.2, 0.25) is 0 Å². The van der Waals surface area contributed by atoms with Crippen molar-refractivity contribution in [1.82, 2.24) is 0 Å². The molecule has 0 aliphatic carbocycles. The fourth-order valence-corrected chi connectivity index (χ4v) is 1.09. The predicted octanol–water partition coefficient (Wildman–Crippen LogP) is -0.584. The molecule has 0 N–H and O–H groups in total. The summed E-state index contributed by atoms with van der Waals surface area (Å²) in [6.45, 7) is 0. The molecule has 0 fully saturated rings. The summed E-state index contributed by atoms with van der Waals surface area (Å²) in [6, 6.07) is 0. The van der Waals surface area contributed by atoms with E-state index in [1.807, 2.05) is 0 Å². The van der Waals surface area contributed by atoms with Crippen molar-refractivity contribution in [3.63, 3.8) is 0 Å². The van der Waals surface area contributed by atoms with Gasteiger partial charge in [-0.05, 0) is 0 Å². The quantitative estimate of drug-likeness (QED) is 0.410. The summed E-state index contributed by atoms with van der Waals surface area (Å²) in [5, 5.41) is 51.5. The fourth-order valence-electron chi connectivity index (χ4n) is 0.265. The molecule has 0 aromatic rings. The van der Waals surface area contributed by atoms with Crippen molar-refractivity contribution in [2.45, 2.75) is 0 Å². The van der Waals surface area contributed by atoms with E-state index < -0.39 is 10.7 Å². The molecule has 0 radical (unpaired) electrons. The number of nitrogens with zero attached hydrogens (tertiary/aromatic N) is 6. The van der Waals surface area contributed by atoms with Crippen molar-refractivity contribution < 1.29 is 27.8 Å². The Balaban J connectivity index is -0.0000000343. The van der Waals surface area contributed by atoms with Gasteiger partial charge in [-0.2, -0.15) is 0 Å². The van der Waals surface area contributed by atoms with Crippen molar-refractivity contribution >= 4 is 191 Å². The number of rotatable bonds is 0. The number of nitriles is 6. The molecule has 0 atom stereocenters. The Morgan fingerprint density at radius 3 is 0.550 bits per heavy atom. The third-order valence-corrected chi connectivity index (χ3v) is 4.89. The Hall–Kier alpha value is 3.76. The molecule has 0 rings (SSSR count). The number of halogens is 3. The third-order valence-electron chi connectivity index (χ3n) is 1.19. The van der Waals surface area contributed by atoms with Gasteiger partial charge in [0, 0.05) is 17.1 Å². The van der Waals surface area contributed by atoms with Gasteiger partial charge < -0.3 is 0 Å². The van der Waals surface area contributed by atoms with Gasteiger partial charge >= 0.3 is 226 Å². The maximum absolute atomic E-state index is 8.58. The molecule has 0 saturated heterocycles. The monoisotopic (exact) mass is 496 g/mol. The van der Waals surface area contributed by atoms with E-state index in [4.69, 9.17) is 31.6 Å². The van der Waals surface area contributed by atoms with Crippen molar-refractivity contribution in [3.05, 3.63) is 0 Å². The van der Waals surface area contributed by atoms with E-state index in [1.54, 1.807) is 0 Å². The molecule has 6 nitrogen and oxygen atoms in total. The van der Waals surface area contributed by atoms with Crippen LogP contribution in [0.1, 0.15) is 0 Å². The molecule has 14 heteroatoms. The summed E-state index contributed by atoms with van der Waals surface area (Å²) >= 11 is 0. The van der Waals surface area contributed by atoms with E-state index >= 15 is 0 Å². The first kappa shape index (κ1) is 49.6. The first-order valence-electron chi connectivity index (χ1n) is 2.40. The van der Waals surface area contributed by atoms with Crippen molar-refractivity contribution in [2.24, 2.45) is 0 Å². The zero-order valence-electron chi connectivity index (χ0n) is 7.62. The molecule has 0 heterocycles. The predicted molar refractivity (Wildman–Crippen MR) is 76.9 cm³/mol. The molecule has 0 aliphatic rings. The van der Waals surface area contributed by atoms with Gasteiger partial charge in [0.25, 0.3) is 0 Å². The average molecular weight is 497 g/mol. The van der Waals surface area contributed by atoms with Crippen LogP contribution in [0.25, 0.3) is 0 Å². The molecular formula is C6H6Cl3Fe2K3N6. The second-order valence-electron chi connectivity index (χ2n) is 1.80. The minimum atomic E-state index is -6.17. The van der Waals surface area contributed by atoms with Crippen molar-refractivity contribution in [2.75, 3.05) is 0 Å². The van der Waals surface area contributed by atoms with Crippen LogP contribution >= 0.6 is 37.2 Å². The fraction of sp³-hybridized carbons (Fsp3) is 0. The summed E-state index contributed by atoms with van der Waals surface area (Å²) in [7, 11) is -6.17. The van der Waals surface area contributed by atoms with Gasteiger partial charge in [0.2, 0.25) is 0 Å². The van der Waals surface area contributed by atoms with Crippen LogP contribution in [-0.2, 0) is 27.8 Å². The summed E-state index contributed by atoms with van der Waals surface area (Å²) in [5.41, 5.74) is 0. The molecule has 100 valence electrons. The van der Waals surface area contributed by atoms with Gasteiger partial charge in [-0.25, -0.2) is 0 Å². The molecule has 0 saturated carbocycles. The average Bonchev–Trinajstić information content (AvgIpc) is 2.26. The summed E-state index contributed by atoms with van der Waals surface area (Å²) < 4.78 is 0. The molecule has 0 aromatic heterocycles. The molecule has 0 unspecified atom stereocenters. The Morgan fingerprint density at radius 2 is 0.550 bits per heavy atom. The normalized spacial score (nSPS) is 8.70. The molecule has 0 aliphatic heterocycles. The van der Waals surface area contributed by atoms with Crippen LogP contribution in [0.3, 0.4) is 0 Å². The van der Waals surface area contributed by atoms with Crippen LogP contribution < -0.4 is 0 Å². The SMILES string of the molecule is Cl.Cl.Cl.N#[C][Fe]([C]#N)([C]#N)([C]#N)([C]#N)[C]#N.[Fe].[KH].[KH].[KH]. The zero-order chi connectivity index (χ0) is 10.7. The van der Waals surface area contributed by atoms with Crippen LogP contribution in [0.5, 0.6) is 0 Å². The summed E-state index contributed by atoms with van der Waals surface area (Å²) in [6.07, 6.45) is 0. The third kappa shape index (κ3) is 8.23.